The average molecular weight is 308 g/mol. The van der Waals surface area contributed by atoms with E-state index in [0.29, 0.717) is 6.54 Å². The molecule has 1 aromatic heterocycles. The van der Waals surface area contributed by atoms with Gasteiger partial charge in [-0.25, -0.2) is 14.8 Å². The summed E-state index contributed by atoms with van der Waals surface area (Å²) < 4.78 is 5.28. The Morgan fingerprint density at radius 1 is 1.23 bits per heavy atom. The van der Waals surface area contributed by atoms with Crippen molar-refractivity contribution in [3.8, 4) is 0 Å². The van der Waals surface area contributed by atoms with Gasteiger partial charge >= 0.3 is 6.09 Å². The molecule has 0 saturated carbocycles. The highest BCUT2D eigenvalue weighted by molar-refractivity contribution is 5.68. The molecule has 0 atom stereocenters. The molecule has 22 heavy (non-hydrogen) atoms. The van der Waals surface area contributed by atoms with E-state index in [1.165, 1.54) is 0 Å². The van der Waals surface area contributed by atoms with E-state index < -0.39 is 17.2 Å². The number of rotatable bonds is 5. The molecule has 6 nitrogen and oxygen atoms in total. The molecule has 6 heteroatoms. The number of hydrogen-bond donors (Lipinski definition) is 2. The summed E-state index contributed by atoms with van der Waals surface area (Å²) in [7, 11) is 0. The van der Waals surface area contributed by atoms with E-state index in [4.69, 9.17) is 4.74 Å². The Bertz CT molecular complexity index is 521. The van der Waals surface area contributed by atoms with Crippen molar-refractivity contribution in [3.63, 3.8) is 0 Å². The topological polar surface area (TPSA) is 76.1 Å². The highest BCUT2D eigenvalue weighted by Crippen LogP contribution is 2.12. The van der Waals surface area contributed by atoms with Crippen molar-refractivity contribution < 1.29 is 9.53 Å². The van der Waals surface area contributed by atoms with Crippen LogP contribution in [-0.2, 0) is 11.2 Å². The Morgan fingerprint density at radius 2 is 1.86 bits per heavy atom. The zero-order valence-electron chi connectivity index (χ0n) is 14.7. The molecule has 1 aromatic rings. The van der Waals surface area contributed by atoms with Gasteiger partial charge in [-0.05, 0) is 48.0 Å². The minimum atomic E-state index is -0.507. The van der Waals surface area contributed by atoms with E-state index in [1.807, 2.05) is 47.6 Å². The molecule has 0 saturated heterocycles. The fourth-order valence-electron chi connectivity index (χ4n) is 1.84. The van der Waals surface area contributed by atoms with Crippen LogP contribution in [0.3, 0.4) is 0 Å². The highest BCUT2D eigenvalue weighted by atomic mass is 16.6. The summed E-state index contributed by atoms with van der Waals surface area (Å²) in [5.74, 6) is 1.50. The van der Waals surface area contributed by atoms with Crippen LogP contribution in [0.25, 0.3) is 0 Å². The van der Waals surface area contributed by atoms with Gasteiger partial charge in [0.2, 0.25) is 0 Å². The van der Waals surface area contributed by atoms with Gasteiger partial charge in [-0.3, -0.25) is 0 Å². The number of anilines is 1. The van der Waals surface area contributed by atoms with Crippen molar-refractivity contribution in [2.75, 3.05) is 11.9 Å². The zero-order valence-corrected chi connectivity index (χ0v) is 14.7. The fraction of sp³-hybridized carbons (Fsp3) is 0.688. The lowest BCUT2D eigenvalue weighted by Gasteiger charge is -2.29. The van der Waals surface area contributed by atoms with Gasteiger partial charge in [0.25, 0.3) is 0 Å². The molecule has 0 aliphatic heterocycles. The van der Waals surface area contributed by atoms with Gasteiger partial charge < -0.3 is 15.4 Å². The summed E-state index contributed by atoms with van der Waals surface area (Å²) >= 11 is 0. The molecule has 0 radical (unpaired) electrons. The van der Waals surface area contributed by atoms with Crippen LogP contribution in [-0.4, -0.2) is 33.7 Å². The van der Waals surface area contributed by atoms with E-state index >= 15 is 0 Å². The van der Waals surface area contributed by atoms with Crippen LogP contribution in [0.2, 0.25) is 0 Å². The monoisotopic (exact) mass is 308 g/mol. The summed E-state index contributed by atoms with van der Waals surface area (Å²) in [4.78, 5) is 20.6. The van der Waals surface area contributed by atoms with Crippen LogP contribution in [0.1, 0.15) is 53.1 Å². The summed E-state index contributed by atoms with van der Waals surface area (Å²) in [6, 6.07) is 1.93. The van der Waals surface area contributed by atoms with Gasteiger partial charge in [0.1, 0.15) is 17.2 Å². The summed E-state index contributed by atoms with van der Waals surface area (Å²) in [6.45, 7) is 13.8. The van der Waals surface area contributed by atoms with Gasteiger partial charge in [-0.1, -0.05) is 6.92 Å². The first kappa shape index (κ1) is 18.2. The first-order valence-corrected chi connectivity index (χ1v) is 7.60. The summed E-state index contributed by atoms with van der Waals surface area (Å²) in [5, 5.41) is 6.11. The first-order chi connectivity index (χ1) is 10.0. The van der Waals surface area contributed by atoms with E-state index in [0.717, 1.165) is 23.8 Å². The molecule has 1 amide bonds. The molecule has 0 spiro atoms. The molecule has 2 N–H and O–H groups in total. The van der Waals surface area contributed by atoms with Crippen molar-refractivity contribution in [3.05, 3.63) is 17.6 Å². The van der Waals surface area contributed by atoms with Crippen molar-refractivity contribution in [2.24, 2.45) is 0 Å². The van der Waals surface area contributed by atoms with Gasteiger partial charge in [-0.15, -0.1) is 0 Å². The molecule has 0 aliphatic carbocycles. The Balaban J connectivity index is 2.62. The quantitative estimate of drug-likeness (QED) is 0.874. The lowest BCUT2D eigenvalue weighted by molar-refractivity contribution is 0.0478. The average Bonchev–Trinajstić information content (AvgIpc) is 2.32. The summed E-state index contributed by atoms with van der Waals surface area (Å²) in [6.07, 6.45) is 0.435. The Hall–Kier alpha value is -1.85. The largest absolute Gasteiger partial charge is 0.444 e. The number of hydrogen-bond acceptors (Lipinski definition) is 5. The van der Waals surface area contributed by atoms with E-state index in [9.17, 15) is 4.79 Å². The number of alkyl carbamates (subject to hydrolysis) is 1. The number of carbonyl (C=O) groups is 1. The first-order valence-electron chi connectivity index (χ1n) is 7.60. The maximum absolute atomic E-state index is 11.9. The van der Waals surface area contributed by atoms with E-state index in [2.05, 4.69) is 27.5 Å². The van der Waals surface area contributed by atoms with Crippen molar-refractivity contribution >= 4 is 11.9 Å². The minimum absolute atomic E-state index is 0.424. The standard InChI is InChI=1S/C16H28N4O2/c1-8-12-9-13(19-11(2)18-12)17-10-16(6,7)20-14(21)22-15(3,4)5/h9H,8,10H2,1-7H3,(H,20,21)(H,17,18,19). The third-order valence-electron chi connectivity index (χ3n) is 2.80. The second kappa shape index (κ2) is 6.94. The van der Waals surface area contributed by atoms with E-state index in [1.54, 1.807) is 0 Å². The van der Waals surface area contributed by atoms with Crippen LogP contribution in [0.15, 0.2) is 6.07 Å². The van der Waals surface area contributed by atoms with Crippen LogP contribution in [0.5, 0.6) is 0 Å². The molecule has 0 aromatic carbocycles. The van der Waals surface area contributed by atoms with E-state index in [-0.39, 0.29) is 0 Å². The third-order valence-corrected chi connectivity index (χ3v) is 2.80. The maximum Gasteiger partial charge on any atom is 0.408 e. The molecule has 1 heterocycles. The second-order valence-electron chi connectivity index (χ2n) is 7.01. The second-order valence-corrected chi connectivity index (χ2v) is 7.01. The van der Waals surface area contributed by atoms with Crippen molar-refractivity contribution in [2.45, 2.75) is 66.0 Å². The van der Waals surface area contributed by atoms with Crippen LogP contribution in [0.4, 0.5) is 10.6 Å². The van der Waals surface area contributed by atoms with Crippen LogP contribution >= 0.6 is 0 Å². The Labute approximate surface area is 133 Å². The predicted octanol–water partition coefficient (Wildman–Crippen LogP) is 3.06. The molecule has 0 aliphatic rings. The molecular formula is C16H28N4O2. The van der Waals surface area contributed by atoms with Crippen LogP contribution < -0.4 is 10.6 Å². The predicted molar refractivity (Wildman–Crippen MR) is 88.1 cm³/mol. The fourth-order valence-corrected chi connectivity index (χ4v) is 1.84. The third kappa shape index (κ3) is 6.74. The molecule has 124 valence electrons. The maximum atomic E-state index is 11.9. The van der Waals surface area contributed by atoms with Gasteiger partial charge in [-0.2, -0.15) is 0 Å². The zero-order chi connectivity index (χ0) is 17.0. The molecule has 0 unspecified atom stereocenters. The summed E-state index contributed by atoms with van der Waals surface area (Å²) in [5.41, 5.74) is 0.0222. The van der Waals surface area contributed by atoms with Crippen molar-refractivity contribution in [1.82, 2.24) is 15.3 Å². The number of nitrogens with one attached hydrogen (secondary N) is 2. The van der Waals surface area contributed by atoms with Gasteiger partial charge in [0.15, 0.2) is 0 Å². The molecule has 0 fully saturated rings. The Kier molecular flexibility index (Phi) is 5.74. The van der Waals surface area contributed by atoms with Crippen LogP contribution in [0, 0.1) is 6.92 Å². The lowest BCUT2D eigenvalue weighted by atomic mass is 10.1. The number of aryl methyl sites for hydroxylation is 2. The highest BCUT2D eigenvalue weighted by Gasteiger charge is 2.24. The number of nitrogens with zero attached hydrogens (tertiary/aromatic N) is 2. The van der Waals surface area contributed by atoms with Gasteiger partial charge in [0, 0.05) is 18.3 Å². The van der Waals surface area contributed by atoms with Gasteiger partial charge in [0.05, 0.1) is 5.54 Å². The number of carbonyl (C=O) groups excluding carboxylic acids is 1. The smallest absolute Gasteiger partial charge is 0.408 e. The van der Waals surface area contributed by atoms with Crippen molar-refractivity contribution in [1.29, 1.82) is 0 Å². The number of aromatic nitrogens is 2. The minimum Gasteiger partial charge on any atom is -0.444 e. The molecule has 1 rings (SSSR count). The Morgan fingerprint density at radius 3 is 2.41 bits per heavy atom. The number of amides is 1. The number of ether oxygens (including phenoxy) is 1. The normalized spacial score (nSPS) is 12.0. The molecule has 0 bridgehead atoms. The SMILES string of the molecule is CCc1cc(NCC(C)(C)NC(=O)OC(C)(C)C)nc(C)n1. The lowest BCUT2D eigenvalue weighted by Crippen LogP contribution is -2.50. The molecular weight excluding hydrogens is 280 g/mol.